The molecule has 0 bridgehead atoms. The van der Waals surface area contributed by atoms with E-state index in [1.165, 1.54) is 0 Å². The average molecular weight is 209 g/mol. The minimum absolute atomic E-state index is 0.0696. The topological polar surface area (TPSA) is 71.8 Å². The molecule has 0 aliphatic carbocycles. The van der Waals surface area contributed by atoms with E-state index in [0.29, 0.717) is 13.1 Å². The molecule has 6 nitrogen and oxygen atoms in total. The van der Waals surface area contributed by atoms with Crippen molar-refractivity contribution >= 4 is 5.91 Å². The highest BCUT2D eigenvalue weighted by Crippen LogP contribution is 1.89. The molecule has 0 aliphatic heterocycles. The Balaban J connectivity index is 2.22. The van der Waals surface area contributed by atoms with Crippen LogP contribution in [0, 0.1) is 0 Å². The third-order valence-corrected chi connectivity index (χ3v) is 1.82. The number of amides is 1. The van der Waals surface area contributed by atoms with Crippen molar-refractivity contribution in [2.45, 2.75) is 6.54 Å². The Hall–Kier alpha value is -1.69. The van der Waals surface area contributed by atoms with E-state index in [1.807, 2.05) is 7.05 Å². The van der Waals surface area contributed by atoms with E-state index < -0.39 is 0 Å². The molecule has 0 unspecified atom stereocenters. The first kappa shape index (κ1) is 11.4. The van der Waals surface area contributed by atoms with Crippen molar-refractivity contribution in [1.82, 2.24) is 25.4 Å². The van der Waals surface area contributed by atoms with Gasteiger partial charge >= 0.3 is 0 Å². The number of rotatable bonds is 6. The molecule has 2 N–H and O–H groups in total. The number of hydrogen-bond acceptors (Lipinski definition) is 4. The summed E-state index contributed by atoms with van der Waals surface area (Å²) in [4.78, 5) is 11.3. The minimum Gasteiger partial charge on any atom is -0.348 e. The molecule has 1 aromatic heterocycles. The lowest BCUT2D eigenvalue weighted by atomic mass is 10.5. The standard InChI is InChI=1S/C9H15N5O/c1-3-4-10-6-9(15)11-5-8-13-12-7-14(8)2/h3,7,10H,1,4-6H2,2H3,(H,11,15). The zero-order valence-electron chi connectivity index (χ0n) is 8.73. The summed E-state index contributed by atoms with van der Waals surface area (Å²) < 4.78 is 1.76. The van der Waals surface area contributed by atoms with Crippen LogP contribution in [-0.4, -0.2) is 33.8 Å². The Morgan fingerprint density at radius 2 is 2.53 bits per heavy atom. The first-order valence-electron chi connectivity index (χ1n) is 4.65. The number of hydrogen-bond donors (Lipinski definition) is 2. The third-order valence-electron chi connectivity index (χ3n) is 1.82. The Morgan fingerprint density at radius 3 is 3.13 bits per heavy atom. The Bertz CT molecular complexity index is 333. The van der Waals surface area contributed by atoms with Crippen LogP contribution in [-0.2, 0) is 18.4 Å². The summed E-state index contributed by atoms with van der Waals surface area (Å²) in [7, 11) is 1.83. The van der Waals surface area contributed by atoms with Crippen molar-refractivity contribution in [2.75, 3.05) is 13.1 Å². The van der Waals surface area contributed by atoms with Gasteiger partial charge in [0.25, 0.3) is 0 Å². The van der Waals surface area contributed by atoms with Crippen molar-refractivity contribution in [3.63, 3.8) is 0 Å². The van der Waals surface area contributed by atoms with Crippen LogP contribution in [0.5, 0.6) is 0 Å². The summed E-state index contributed by atoms with van der Waals surface area (Å²) >= 11 is 0. The molecular weight excluding hydrogens is 194 g/mol. The second kappa shape index (κ2) is 5.92. The van der Waals surface area contributed by atoms with Gasteiger partial charge in [-0.05, 0) is 0 Å². The maximum absolute atomic E-state index is 11.3. The molecule has 0 spiro atoms. The summed E-state index contributed by atoms with van der Waals surface area (Å²) in [6.45, 7) is 4.84. The molecule has 1 aromatic rings. The lowest BCUT2D eigenvalue weighted by Crippen LogP contribution is -2.34. The van der Waals surface area contributed by atoms with Gasteiger partial charge in [0.1, 0.15) is 6.33 Å². The lowest BCUT2D eigenvalue weighted by Gasteiger charge is -2.04. The van der Waals surface area contributed by atoms with Gasteiger partial charge in [-0.3, -0.25) is 4.79 Å². The van der Waals surface area contributed by atoms with Crippen molar-refractivity contribution in [3.05, 3.63) is 24.8 Å². The molecule has 0 radical (unpaired) electrons. The average Bonchev–Trinajstić information content (AvgIpc) is 2.61. The first-order chi connectivity index (χ1) is 7.24. The number of carbonyl (C=O) groups is 1. The fourth-order valence-corrected chi connectivity index (χ4v) is 0.995. The maximum Gasteiger partial charge on any atom is 0.234 e. The number of aryl methyl sites for hydroxylation is 1. The third kappa shape index (κ3) is 3.90. The molecule has 1 heterocycles. The van der Waals surface area contributed by atoms with E-state index in [0.717, 1.165) is 5.82 Å². The summed E-state index contributed by atoms with van der Waals surface area (Å²) in [6.07, 6.45) is 3.30. The van der Waals surface area contributed by atoms with Gasteiger partial charge in [0.2, 0.25) is 5.91 Å². The van der Waals surface area contributed by atoms with Gasteiger partial charge in [0.05, 0.1) is 13.1 Å². The summed E-state index contributed by atoms with van der Waals surface area (Å²) in [6, 6.07) is 0. The molecular formula is C9H15N5O. The predicted octanol–water partition coefficient (Wildman–Crippen LogP) is -0.793. The molecule has 0 saturated heterocycles. The fraction of sp³-hybridized carbons (Fsp3) is 0.444. The molecule has 15 heavy (non-hydrogen) atoms. The van der Waals surface area contributed by atoms with Gasteiger partial charge in [0.15, 0.2) is 5.82 Å². The second-order valence-electron chi connectivity index (χ2n) is 3.05. The summed E-state index contributed by atoms with van der Waals surface area (Å²) in [5.41, 5.74) is 0. The molecule has 0 saturated carbocycles. The summed E-state index contributed by atoms with van der Waals surface area (Å²) in [5.74, 6) is 0.659. The highest BCUT2D eigenvalue weighted by atomic mass is 16.1. The van der Waals surface area contributed by atoms with Gasteiger partial charge in [-0.15, -0.1) is 16.8 Å². The van der Waals surface area contributed by atoms with Crippen molar-refractivity contribution in [1.29, 1.82) is 0 Å². The Kier molecular flexibility index (Phi) is 4.49. The van der Waals surface area contributed by atoms with Crippen molar-refractivity contribution in [2.24, 2.45) is 7.05 Å². The van der Waals surface area contributed by atoms with Crippen LogP contribution in [0.1, 0.15) is 5.82 Å². The van der Waals surface area contributed by atoms with E-state index in [-0.39, 0.29) is 12.5 Å². The number of nitrogens with zero attached hydrogens (tertiary/aromatic N) is 3. The zero-order valence-corrected chi connectivity index (χ0v) is 8.73. The smallest absolute Gasteiger partial charge is 0.234 e. The quantitative estimate of drug-likeness (QED) is 0.475. The number of aromatic nitrogens is 3. The molecule has 6 heteroatoms. The monoisotopic (exact) mass is 209 g/mol. The first-order valence-corrected chi connectivity index (χ1v) is 4.65. The van der Waals surface area contributed by atoms with E-state index in [4.69, 9.17) is 0 Å². The van der Waals surface area contributed by atoms with Crippen molar-refractivity contribution < 1.29 is 4.79 Å². The van der Waals surface area contributed by atoms with Crippen LogP contribution >= 0.6 is 0 Å². The van der Waals surface area contributed by atoms with Gasteiger partial charge in [-0.25, -0.2) is 0 Å². The normalized spacial score (nSPS) is 9.93. The molecule has 1 amide bonds. The predicted molar refractivity (Wildman–Crippen MR) is 55.9 cm³/mol. The second-order valence-corrected chi connectivity index (χ2v) is 3.05. The van der Waals surface area contributed by atoms with Crippen LogP contribution < -0.4 is 10.6 Å². The lowest BCUT2D eigenvalue weighted by molar-refractivity contribution is -0.120. The fourth-order valence-electron chi connectivity index (χ4n) is 0.995. The molecule has 82 valence electrons. The van der Waals surface area contributed by atoms with Crippen molar-refractivity contribution in [3.8, 4) is 0 Å². The number of carbonyl (C=O) groups excluding carboxylic acids is 1. The van der Waals surface area contributed by atoms with Gasteiger partial charge < -0.3 is 15.2 Å². The van der Waals surface area contributed by atoms with E-state index in [9.17, 15) is 4.79 Å². The number of nitrogens with one attached hydrogen (secondary N) is 2. The molecule has 0 aliphatic rings. The van der Waals surface area contributed by atoms with Crippen LogP contribution in [0.3, 0.4) is 0 Å². The minimum atomic E-state index is -0.0696. The Labute approximate surface area is 88.4 Å². The molecule has 0 fully saturated rings. The Morgan fingerprint density at radius 1 is 1.73 bits per heavy atom. The zero-order chi connectivity index (χ0) is 11.1. The van der Waals surface area contributed by atoms with Gasteiger partial charge in [0, 0.05) is 13.6 Å². The van der Waals surface area contributed by atoms with Crippen LogP contribution in [0.25, 0.3) is 0 Å². The van der Waals surface area contributed by atoms with Crippen LogP contribution in [0.4, 0.5) is 0 Å². The van der Waals surface area contributed by atoms with Gasteiger partial charge in [-0.1, -0.05) is 6.08 Å². The van der Waals surface area contributed by atoms with E-state index in [2.05, 4.69) is 27.4 Å². The maximum atomic E-state index is 11.3. The molecule has 0 atom stereocenters. The highest BCUT2D eigenvalue weighted by molar-refractivity contribution is 5.77. The molecule has 1 rings (SSSR count). The van der Waals surface area contributed by atoms with E-state index in [1.54, 1.807) is 17.0 Å². The SMILES string of the molecule is C=CCNCC(=O)NCc1nncn1C. The highest BCUT2D eigenvalue weighted by Gasteiger charge is 2.03. The van der Waals surface area contributed by atoms with Crippen LogP contribution in [0.2, 0.25) is 0 Å². The summed E-state index contributed by atoms with van der Waals surface area (Å²) in [5, 5.41) is 13.2. The van der Waals surface area contributed by atoms with E-state index >= 15 is 0 Å². The molecule has 0 aromatic carbocycles. The largest absolute Gasteiger partial charge is 0.348 e. The van der Waals surface area contributed by atoms with Crippen LogP contribution in [0.15, 0.2) is 19.0 Å². The van der Waals surface area contributed by atoms with Gasteiger partial charge in [-0.2, -0.15) is 0 Å².